The molecule has 0 fully saturated rings. The molecule has 0 saturated heterocycles. The second-order valence-electron chi connectivity index (χ2n) is 5.26. The summed E-state index contributed by atoms with van der Waals surface area (Å²) in [5.41, 5.74) is 1.48. The summed E-state index contributed by atoms with van der Waals surface area (Å²) in [6, 6.07) is 13.1. The molecule has 0 amide bonds. The van der Waals surface area contributed by atoms with Crippen molar-refractivity contribution in [1.82, 2.24) is 14.5 Å². The van der Waals surface area contributed by atoms with Gasteiger partial charge < -0.3 is 14.6 Å². The Kier molecular flexibility index (Phi) is 4.43. The van der Waals surface area contributed by atoms with Gasteiger partial charge in [-0.15, -0.1) is 0 Å². The molecule has 2 heterocycles. The molecule has 24 heavy (non-hydrogen) atoms. The minimum absolute atomic E-state index is 0.235. The van der Waals surface area contributed by atoms with Crippen LogP contribution in [0.1, 0.15) is 23.0 Å². The van der Waals surface area contributed by atoms with Crippen LogP contribution < -0.4 is 10.1 Å². The van der Waals surface area contributed by atoms with E-state index in [1.165, 1.54) is 0 Å². The average Bonchev–Trinajstić information content (AvgIpc) is 3.06. The van der Waals surface area contributed by atoms with Gasteiger partial charge in [-0.25, -0.2) is 9.97 Å². The van der Waals surface area contributed by atoms with Crippen molar-refractivity contribution in [3.05, 3.63) is 71.9 Å². The van der Waals surface area contributed by atoms with E-state index in [1.807, 2.05) is 42.1 Å². The lowest BCUT2D eigenvalue weighted by Gasteiger charge is -2.21. The summed E-state index contributed by atoms with van der Waals surface area (Å²) in [5, 5.41) is 12.3. The van der Waals surface area contributed by atoms with E-state index in [1.54, 1.807) is 31.6 Å². The predicted molar refractivity (Wildman–Crippen MR) is 90.6 cm³/mol. The van der Waals surface area contributed by atoms with E-state index in [0.717, 1.165) is 17.1 Å². The highest BCUT2D eigenvalue weighted by molar-refractivity contribution is 5.47. The Hall–Kier alpha value is -3.33. The fourth-order valence-electron chi connectivity index (χ4n) is 2.53. The first-order valence-corrected chi connectivity index (χ1v) is 7.45. The minimum Gasteiger partial charge on any atom is -0.496 e. The number of ether oxygens (including phenoxy) is 1. The molecule has 0 aliphatic rings. The summed E-state index contributed by atoms with van der Waals surface area (Å²) in [6.07, 6.45) is 5.19. The molecule has 0 radical (unpaired) electrons. The Labute approximate surface area is 140 Å². The lowest BCUT2D eigenvalue weighted by molar-refractivity contribution is 0.408. The van der Waals surface area contributed by atoms with Crippen LogP contribution in [0.15, 0.2) is 55.0 Å². The zero-order chi connectivity index (χ0) is 16.9. The maximum absolute atomic E-state index is 8.90. The lowest BCUT2D eigenvalue weighted by atomic mass is 10.0. The third kappa shape index (κ3) is 3.06. The van der Waals surface area contributed by atoms with Gasteiger partial charge in [0, 0.05) is 31.2 Å². The van der Waals surface area contributed by atoms with Gasteiger partial charge in [-0.1, -0.05) is 18.2 Å². The molecule has 6 nitrogen and oxygen atoms in total. The number of hydrogen-bond acceptors (Lipinski definition) is 5. The number of nitrogens with zero attached hydrogens (tertiary/aromatic N) is 4. The number of anilines is 1. The quantitative estimate of drug-likeness (QED) is 0.782. The molecular weight excluding hydrogens is 302 g/mol. The maximum atomic E-state index is 8.90. The molecule has 0 unspecified atom stereocenters. The molecule has 0 bridgehead atoms. The van der Waals surface area contributed by atoms with Gasteiger partial charge in [0.25, 0.3) is 0 Å². The average molecular weight is 319 g/mol. The smallest absolute Gasteiger partial charge is 0.135 e. The van der Waals surface area contributed by atoms with E-state index in [2.05, 4.69) is 21.4 Å². The number of para-hydroxylation sites is 1. The van der Waals surface area contributed by atoms with Gasteiger partial charge >= 0.3 is 0 Å². The normalized spacial score (nSPS) is 11.5. The summed E-state index contributed by atoms with van der Waals surface area (Å²) >= 11 is 0. The monoisotopic (exact) mass is 319 g/mol. The van der Waals surface area contributed by atoms with Gasteiger partial charge in [-0.2, -0.15) is 5.26 Å². The number of imidazole rings is 1. The highest BCUT2D eigenvalue weighted by Crippen LogP contribution is 2.31. The van der Waals surface area contributed by atoms with Crippen molar-refractivity contribution < 1.29 is 4.74 Å². The summed E-state index contributed by atoms with van der Waals surface area (Å²) < 4.78 is 7.45. The molecule has 6 heteroatoms. The van der Waals surface area contributed by atoms with Gasteiger partial charge in [0.1, 0.15) is 29.5 Å². The number of nitriles is 1. The second-order valence-corrected chi connectivity index (χ2v) is 5.26. The molecular formula is C18H17N5O. The van der Waals surface area contributed by atoms with E-state index in [4.69, 9.17) is 10.00 Å². The number of hydrogen-bond donors (Lipinski definition) is 1. The Balaban J connectivity index is 2.02. The Morgan fingerprint density at radius 3 is 2.67 bits per heavy atom. The molecule has 0 aliphatic carbocycles. The van der Waals surface area contributed by atoms with Crippen molar-refractivity contribution in [1.29, 1.82) is 5.26 Å². The van der Waals surface area contributed by atoms with Crippen molar-refractivity contribution in [2.75, 3.05) is 12.4 Å². The molecule has 1 aromatic carbocycles. The van der Waals surface area contributed by atoms with Crippen LogP contribution in [0.2, 0.25) is 0 Å². The van der Waals surface area contributed by atoms with Crippen LogP contribution in [0.25, 0.3) is 0 Å². The molecule has 120 valence electrons. The second kappa shape index (κ2) is 6.84. The van der Waals surface area contributed by atoms with Crippen LogP contribution >= 0.6 is 0 Å². The summed E-state index contributed by atoms with van der Waals surface area (Å²) in [6.45, 7) is 0. The summed E-state index contributed by atoms with van der Waals surface area (Å²) in [5.74, 6) is 2.27. The van der Waals surface area contributed by atoms with Gasteiger partial charge in [-0.3, -0.25) is 0 Å². The molecule has 3 aromatic rings. The Morgan fingerprint density at radius 2 is 2.04 bits per heavy atom. The molecule has 0 aliphatic heterocycles. The molecule has 0 spiro atoms. The maximum Gasteiger partial charge on any atom is 0.135 e. The zero-order valence-corrected chi connectivity index (χ0v) is 13.5. The van der Waals surface area contributed by atoms with E-state index >= 15 is 0 Å². The van der Waals surface area contributed by atoms with Crippen LogP contribution in [-0.4, -0.2) is 21.6 Å². The predicted octanol–water partition coefficient (Wildman–Crippen LogP) is 2.90. The van der Waals surface area contributed by atoms with Gasteiger partial charge in [0.15, 0.2) is 0 Å². The first-order chi connectivity index (χ1) is 11.7. The number of aromatic nitrogens is 3. The molecule has 1 N–H and O–H groups in total. The van der Waals surface area contributed by atoms with E-state index in [0.29, 0.717) is 11.4 Å². The highest BCUT2D eigenvalue weighted by atomic mass is 16.5. The molecule has 2 aromatic heterocycles. The topological polar surface area (TPSA) is 75.8 Å². The Morgan fingerprint density at radius 1 is 1.21 bits per heavy atom. The van der Waals surface area contributed by atoms with Crippen LogP contribution in [0.3, 0.4) is 0 Å². The number of aryl methyl sites for hydroxylation is 1. The van der Waals surface area contributed by atoms with E-state index in [-0.39, 0.29) is 6.04 Å². The first kappa shape index (κ1) is 15.6. The zero-order valence-electron chi connectivity index (χ0n) is 13.5. The van der Waals surface area contributed by atoms with Gasteiger partial charge in [0.05, 0.1) is 12.7 Å². The third-order valence-corrected chi connectivity index (χ3v) is 3.75. The number of pyridine rings is 1. The first-order valence-electron chi connectivity index (χ1n) is 7.45. The SMILES string of the molecule is COc1ccccc1[C@@H](Nc1ccc(C#N)cn1)c1nccn1C. The lowest BCUT2D eigenvalue weighted by Crippen LogP contribution is -2.18. The fourth-order valence-corrected chi connectivity index (χ4v) is 2.53. The van der Waals surface area contributed by atoms with Crippen LogP contribution in [0, 0.1) is 11.3 Å². The number of rotatable bonds is 5. The van der Waals surface area contributed by atoms with Gasteiger partial charge in [-0.05, 0) is 18.2 Å². The summed E-state index contributed by atoms with van der Waals surface area (Å²) in [4.78, 5) is 8.76. The molecule has 1 atom stereocenters. The van der Waals surface area contributed by atoms with Crippen molar-refractivity contribution in [3.8, 4) is 11.8 Å². The third-order valence-electron chi connectivity index (χ3n) is 3.75. The fraction of sp³-hybridized carbons (Fsp3) is 0.167. The standard InChI is InChI=1S/C18H17N5O/c1-23-10-9-20-18(23)17(14-5-3-4-6-15(14)24-2)22-16-8-7-13(11-19)12-21-16/h3-10,12,17H,1-2H3,(H,21,22)/t17-/m1/s1. The number of methoxy groups -OCH3 is 1. The summed E-state index contributed by atoms with van der Waals surface area (Å²) in [7, 11) is 3.59. The molecule has 3 rings (SSSR count). The Bertz CT molecular complexity index is 864. The molecule has 0 saturated carbocycles. The number of benzene rings is 1. The van der Waals surface area contributed by atoms with Crippen LogP contribution in [-0.2, 0) is 7.05 Å². The van der Waals surface area contributed by atoms with Crippen molar-refractivity contribution in [2.24, 2.45) is 7.05 Å². The largest absolute Gasteiger partial charge is 0.496 e. The minimum atomic E-state index is -0.235. The van der Waals surface area contributed by atoms with Crippen molar-refractivity contribution in [2.45, 2.75) is 6.04 Å². The van der Waals surface area contributed by atoms with Gasteiger partial charge in [0.2, 0.25) is 0 Å². The van der Waals surface area contributed by atoms with Crippen LogP contribution in [0.5, 0.6) is 5.75 Å². The van der Waals surface area contributed by atoms with Crippen molar-refractivity contribution in [3.63, 3.8) is 0 Å². The van der Waals surface area contributed by atoms with E-state index in [9.17, 15) is 0 Å². The van der Waals surface area contributed by atoms with Crippen molar-refractivity contribution >= 4 is 5.82 Å². The van der Waals surface area contributed by atoms with E-state index < -0.39 is 0 Å². The highest BCUT2D eigenvalue weighted by Gasteiger charge is 2.22. The number of nitrogens with one attached hydrogen (secondary N) is 1. The van der Waals surface area contributed by atoms with Crippen LogP contribution in [0.4, 0.5) is 5.82 Å².